The van der Waals surface area contributed by atoms with Crippen LogP contribution in [0, 0.1) is 0 Å². The summed E-state index contributed by atoms with van der Waals surface area (Å²) >= 11 is 0. The van der Waals surface area contributed by atoms with Crippen molar-refractivity contribution in [3.63, 3.8) is 0 Å². The van der Waals surface area contributed by atoms with Crippen LogP contribution in [-0.4, -0.2) is 17.9 Å². The largest absolute Gasteiger partial charge is 0.481 e. The van der Waals surface area contributed by atoms with E-state index < -0.39 is 5.97 Å². The smallest absolute Gasteiger partial charge is 0.303 e. The highest BCUT2D eigenvalue weighted by Crippen LogP contribution is 1.94. The molecule has 0 bridgehead atoms. The molecule has 0 saturated heterocycles. The van der Waals surface area contributed by atoms with Crippen molar-refractivity contribution in [1.82, 2.24) is 0 Å². The van der Waals surface area contributed by atoms with Gasteiger partial charge in [-0.2, -0.15) is 0 Å². The number of carbonyl (C=O) groups excluding carboxylic acids is 1. The lowest BCUT2D eigenvalue weighted by Crippen LogP contribution is -1.91. The van der Waals surface area contributed by atoms with Crippen molar-refractivity contribution >= 4 is 12.8 Å². The molecule has 0 radical (unpaired) electrons. The molecule has 0 aromatic heterocycles. The second kappa shape index (κ2) is 12.5. The van der Waals surface area contributed by atoms with Gasteiger partial charge in [0.1, 0.15) is 6.79 Å². The van der Waals surface area contributed by atoms with Crippen LogP contribution in [0.2, 0.25) is 0 Å². The molecule has 0 aliphatic heterocycles. The van der Waals surface area contributed by atoms with Gasteiger partial charge in [0.05, 0.1) is 0 Å². The lowest BCUT2D eigenvalue weighted by Gasteiger charge is -1.86. The summed E-state index contributed by atoms with van der Waals surface area (Å²) in [4.78, 5) is 18.0. The molecule has 0 heterocycles. The first-order valence-electron chi connectivity index (χ1n) is 3.93. The summed E-state index contributed by atoms with van der Waals surface area (Å²) in [5.74, 6) is -0.721. The van der Waals surface area contributed by atoms with E-state index in [4.69, 9.17) is 9.90 Å². The van der Waals surface area contributed by atoms with Crippen molar-refractivity contribution in [2.24, 2.45) is 0 Å². The lowest BCUT2D eigenvalue weighted by atomic mass is 10.2. The molecule has 0 aromatic rings. The number of rotatable bonds is 5. The monoisotopic (exact) mass is 172 g/mol. The van der Waals surface area contributed by atoms with Crippen LogP contribution in [-0.2, 0) is 9.59 Å². The molecule has 0 amide bonds. The number of aliphatic carboxylic acids is 1. The minimum Gasteiger partial charge on any atom is -0.481 e. The van der Waals surface area contributed by atoms with Gasteiger partial charge in [-0.05, 0) is 12.8 Å². The van der Waals surface area contributed by atoms with Crippen LogP contribution in [0.5, 0.6) is 0 Å². The van der Waals surface area contributed by atoms with Gasteiger partial charge in [0.15, 0.2) is 0 Å². The second-order valence-corrected chi connectivity index (χ2v) is 2.19. The van der Waals surface area contributed by atoms with Gasteiger partial charge in [0, 0.05) is 6.42 Å². The predicted octanol–water partition coefficient (Wildman–Crippen LogP) is 2.02. The van der Waals surface area contributed by atoms with Crippen molar-refractivity contribution in [1.29, 1.82) is 0 Å². The summed E-state index contributed by atoms with van der Waals surface area (Å²) in [6.07, 6.45) is 7.05. The van der Waals surface area contributed by atoms with Gasteiger partial charge in [0.2, 0.25) is 0 Å². The number of carboxylic acids is 1. The number of hydrogen-bond acceptors (Lipinski definition) is 2. The molecule has 0 aromatic carbocycles. The van der Waals surface area contributed by atoms with Crippen LogP contribution in [0.3, 0.4) is 0 Å². The molecular weight excluding hydrogens is 156 g/mol. The van der Waals surface area contributed by atoms with Crippen LogP contribution in [0.4, 0.5) is 0 Å². The van der Waals surface area contributed by atoms with Gasteiger partial charge in [-0.3, -0.25) is 4.79 Å². The third kappa shape index (κ3) is 15.9. The molecule has 0 unspecified atom stereocenters. The highest BCUT2D eigenvalue weighted by atomic mass is 16.4. The Hall–Kier alpha value is -1.12. The van der Waals surface area contributed by atoms with E-state index in [-0.39, 0.29) is 6.42 Å². The topological polar surface area (TPSA) is 54.4 Å². The molecule has 1 N–H and O–H groups in total. The molecule has 70 valence electrons. The Kier molecular flexibility index (Phi) is 14.1. The van der Waals surface area contributed by atoms with E-state index >= 15 is 0 Å². The van der Waals surface area contributed by atoms with E-state index in [9.17, 15) is 4.79 Å². The van der Waals surface area contributed by atoms with Crippen LogP contribution in [0.15, 0.2) is 12.2 Å². The minimum absolute atomic E-state index is 0.250. The predicted molar refractivity (Wildman–Crippen MR) is 48.0 cm³/mol. The highest BCUT2D eigenvalue weighted by Gasteiger charge is 1.90. The zero-order chi connectivity index (χ0) is 9.82. The van der Waals surface area contributed by atoms with Crippen molar-refractivity contribution < 1.29 is 14.7 Å². The zero-order valence-corrected chi connectivity index (χ0v) is 7.45. The third-order valence-electron chi connectivity index (χ3n) is 1.15. The molecule has 3 nitrogen and oxygen atoms in total. The first kappa shape index (κ1) is 13.5. The number of unbranched alkanes of at least 4 members (excludes halogenated alkanes) is 1. The molecule has 0 saturated carbocycles. The van der Waals surface area contributed by atoms with Crippen molar-refractivity contribution in [2.45, 2.75) is 32.6 Å². The van der Waals surface area contributed by atoms with E-state index in [0.29, 0.717) is 6.42 Å². The Morgan fingerprint density at radius 3 is 2.25 bits per heavy atom. The Balaban J connectivity index is 0. The summed E-state index contributed by atoms with van der Waals surface area (Å²) in [5.41, 5.74) is 0. The van der Waals surface area contributed by atoms with E-state index in [1.165, 1.54) is 0 Å². The maximum atomic E-state index is 10.00. The number of carboxylic acid groups (broad SMARTS) is 1. The molecule has 0 aliphatic carbocycles. The summed E-state index contributed by atoms with van der Waals surface area (Å²) in [6, 6.07) is 0. The lowest BCUT2D eigenvalue weighted by molar-refractivity contribution is -0.136. The van der Waals surface area contributed by atoms with Crippen molar-refractivity contribution in [3.8, 4) is 0 Å². The van der Waals surface area contributed by atoms with Gasteiger partial charge in [-0.1, -0.05) is 25.5 Å². The van der Waals surface area contributed by atoms with Crippen molar-refractivity contribution in [3.05, 3.63) is 12.2 Å². The molecule has 12 heavy (non-hydrogen) atoms. The fourth-order valence-corrected chi connectivity index (χ4v) is 0.609. The molecule has 3 heteroatoms. The standard InChI is InChI=1S/C8H14O2.CH2O/c1-2-3-4-5-6-7-8(9)10;1-2/h4-5H,2-3,6-7H2,1H3,(H,9,10);1H2/b5-4+;. The maximum absolute atomic E-state index is 10.00. The van der Waals surface area contributed by atoms with Gasteiger partial charge in [-0.15, -0.1) is 0 Å². The third-order valence-corrected chi connectivity index (χ3v) is 1.15. The number of carbonyl (C=O) groups is 2. The average Bonchev–Trinajstić information content (AvgIpc) is 2.07. The SMILES string of the molecule is C=O.CCC/C=C/CCC(=O)O. The van der Waals surface area contributed by atoms with Crippen LogP contribution >= 0.6 is 0 Å². The Bertz CT molecular complexity index is 130. The van der Waals surface area contributed by atoms with Crippen LogP contribution < -0.4 is 0 Å². The normalized spacial score (nSPS) is 9.08. The fourth-order valence-electron chi connectivity index (χ4n) is 0.609. The molecular formula is C9H16O3. The molecule has 0 spiro atoms. The highest BCUT2D eigenvalue weighted by molar-refractivity contribution is 5.66. The fraction of sp³-hybridized carbons (Fsp3) is 0.556. The average molecular weight is 172 g/mol. The summed E-state index contributed by atoms with van der Waals surface area (Å²) < 4.78 is 0. The van der Waals surface area contributed by atoms with Crippen LogP contribution in [0.1, 0.15) is 32.6 Å². The summed E-state index contributed by atoms with van der Waals surface area (Å²) in [6.45, 7) is 4.10. The Labute approximate surface area is 73.1 Å². The van der Waals surface area contributed by atoms with Gasteiger partial charge in [0.25, 0.3) is 0 Å². The molecule has 0 rings (SSSR count). The Morgan fingerprint density at radius 2 is 1.83 bits per heavy atom. The minimum atomic E-state index is -0.721. The van der Waals surface area contributed by atoms with E-state index in [1.54, 1.807) is 0 Å². The molecule has 0 atom stereocenters. The maximum Gasteiger partial charge on any atom is 0.303 e. The number of allylic oxidation sites excluding steroid dienone is 2. The zero-order valence-electron chi connectivity index (χ0n) is 7.45. The van der Waals surface area contributed by atoms with E-state index in [2.05, 4.69) is 6.92 Å². The first-order chi connectivity index (χ1) is 5.77. The second-order valence-electron chi connectivity index (χ2n) is 2.19. The Morgan fingerprint density at radius 1 is 1.33 bits per heavy atom. The van der Waals surface area contributed by atoms with Crippen LogP contribution in [0.25, 0.3) is 0 Å². The summed E-state index contributed by atoms with van der Waals surface area (Å²) in [5, 5.41) is 8.24. The van der Waals surface area contributed by atoms with Crippen molar-refractivity contribution in [2.75, 3.05) is 0 Å². The van der Waals surface area contributed by atoms with E-state index in [1.807, 2.05) is 18.9 Å². The van der Waals surface area contributed by atoms with Gasteiger partial charge < -0.3 is 9.90 Å². The van der Waals surface area contributed by atoms with Gasteiger partial charge >= 0.3 is 5.97 Å². The first-order valence-corrected chi connectivity index (χ1v) is 3.93. The van der Waals surface area contributed by atoms with E-state index in [0.717, 1.165) is 12.8 Å². The van der Waals surface area contributed by atoms with Gasteiger partial charge in [-0.25, -0.2) is 0 Å². The quantitative estimate of drug-likeness (QED) is 0.645. The summed E-state index contributed by atoms with van der Waals surface area (Å²) in [7, 11) is 0. The molecule has 0 aliphatic rings. The molecule has 0 fully saturated rings. The number of hydrogen-bond donors (Lipinski definition) is 1.